The second-order valence-corrected chi connectivity index (χ2v) is 7.12. The molecule has 0 fully saturated rings. The number of ether oxygens (including phenoxy) is 1. The van der Waals surface area contributed by atoms with Crippen LogP contribution in [0.5, 0.6) is 5.75 Å². The number of aryl methyl sites for hydroxylation is 1. The second-order valence-electron chi connectivity index (χ2n) is 6.30. The zero-order valence-corrected chi connectivity index (χ0v) is 17.6. The minimum atomic E-state index is 0.229. The molecular weight excluding hydrogens is 393 g/mol. The van der Waals surface area contributed by atoms with Crippen LogP contribution in [0.15, 0.2) is 55.5 Å². The maximum atomic E-state index is 6.21. The maximum Gasteiger partial charge on any atom is 0.146 e. The lowest BCUT2D eigenvalue weighted by Gasteiger charge is -2.20. The third-order valence-electron chi connectivity index (χ3n) is 4.46. The van der Waals surface area contributed by atoms with Crippen molar-refractivity contribution in [2.24, 2.45) is 0 Å². The van der Waals surface area contributed by atoms with Gasteiger partial charge in [0, 0.05) is 47.3 Å². The third-order valence-corrected chi connectivity index (χ3v) is 5.11. The Morgan fingerprint density at radius 3 is 2.61 bits per heavy atom. The molecule has 0 aliphatic heterocycles. The highest BCUT2D eigenvalue weighted by Gasteiger charge is 2.15. The highest BCUT2D eigenvalue weighted by Crippen LogP contribution is 2.33. The molecule has 0 N–H and O–H groups in total. The Morgan fingerprint density at radius 1 is 1.25 bits per heavy atom. The van der Waals surface area contributed by atoms with Gasteiger partial charge in [0.1, 0.15) is 17.9 Å². The van der Waals surface area contributed by atoms with Crippen LogP contribution in [0, 0.1) is 6.92 Å². The fourth-order valence-corrected chi connectivity index (χ4v) is 3.53. The predicted octanol–water partition coefficient (Wildman–Crippen LogP) is 6.26. The van der Waals surface area contributed by atoms with E-state index in [4.69, 9.17) is 32.9 Å². The van der Waals surface area contributed by atoms with Gasteiger partial charge in [-0.2, -0.15) is 0 Å². The van der Waals surface area contributed by atoms with E-state index in [1.54, 1.807) is 18.6 Å². The molecule has 4 nitrogen and oxygen atoms in total. The molecule has 2 heterocycles. The summed E-state index contributed by atoms with van der Waals surface area (Å²) in [4.78, 5) is 10.7. The lowest BCUT2D eigenvalue weighted by atomic mass is 10.0. The van der Waals surface area contributed by atoms with Crippen LogP contribution in [0.3, 0.4) is 0 Å². The van der Waals surface area contributed by atoms with Crippen molar-refractivity contribution >= 4 is 39.8 Å². The summed E-state index contributed by atoms with van der Waals surface area (Å²) in [6, 6.07) is 7.96. The molecule has 28 heavy (non-hydrogen) atoms. The Morgan fingerprint density at radius 2 is 1.96 bits per heavy atom. The highest BCUT2D eigenvalue weighted by molar-refractivity contribution is 6.35. The Bertz CT molecular complexity index is 1040. The van der Waals surface area contributed by atoms with Gasteiger partial charge in [0.05, 0.1) is 10.0 Å². The monoisotopic (exact) mass is 413 g/mol. The number of nitrogens with zero attached hydrogens (tertiary/aromatic N) is 3. The van der Waals surface area contributed by atoms with Crippen LogP contribution in [0.4, 0.5) is 0 Å². The first-order valence-corrected chi connectivity index (χ1v) is 9.55. The normalized spacial score (nSPS) is 11.5. The van der Waals surface area contributed by atoms with Gasteiger partial charge >= 0.3 is 0 Å². The first-order valence-electron chi connectivity index (χ1n) is 8.79. The summed E-state index contributed by atoms with van der Waals surface area (Å²) >= 11 is 12.4. The molecule has 3 aromatic rings. The van der Waals surface area contributed by atoms with Crippen LogP contribution < -0.4 is 4.74 Å². The first-order chi connectivity index (χ1) is 13.5. The summed E-state index contributed by atoms with van der Waals surface area (Å²) in [5.41, 5.74) is 4.50. The summed E-state index contributed by atoms with van der Waals surface area (Å²) in [6.45, 7) is 8.07. The Labute approximate surface area is 175 Å². The number of fused-ring (bicyclic) bond motifs is 1. The van der Waals surface area contributed by atoms with E-state index in [-0.39, 0.29) is 6.61 Å². The molecule has 0 atom stereocenters. The van der Waals surface area contributed by atoms with Gasteiger partial charge in [0.25, 0.3) is 0 Å². The van der Waals surface area contributed by atoms with Gasteiger partial charge in [-0.1, -0.05) is 48.0 Å². The molecular formula is C22H21Cl2N3O. The molecule has 0 amide bonds. The number of benzene rings is 1. The highest BCUT2D eigenvalue weighted by atomic mass is 35.5. The summed E-state index contributed by atoms with van der Waals surface area (Å²) < 4.78 is 6.06. The van der Waals surface area contributed by atoms with E-state index in [0.717, 1.165) is 27.9 Å². The van der Waals surface area contributed by atoms with Gasteiger partial charge in [0.2, 0.25) is 0 Å². The summed E-state index contributed by atoms with van der Waals surface area (Å²) in [5, 5.41) is 1.94. The number of para-hydroxylation sites is 1. The van der Waals surface area contributed by atoms with E-state index in [1.807, 2.05) is 44.0 Å². The van der Waals surface area contributed by atoms with Crippen molar-refractivity contribution in [1.29, 1.82) is 0 Å². The first kappa shape index (κ1) is 20.2. The van der Waals surface area contributed by atoms with E-state index < -0.39 is 0 Å². The molecule has 144 valence electrons. The van der Waals surface area contributed by atoms with Gasteiger partial charge in [-0.25, -0.2) is 4.98 Å². The van der Waals surface area contributed by atoms with E-state index in [2.05, 4.69) is 23.7 Å². The minimum Gasteiger partial charge on any atom is -0.487 e. The van der Waals surface area contributed by atoms with Crippen molar-refractivity contribution in [3.05, 3.63) is 82.4 Å². The Kier molecular flexibility index (Phi) is 6.22. The smallest absolute Gasteiger partial charge is 0.146 e. The largest absolute Gasteiger partial charge is 0.487 e. The number of aromatic nitrogens is 2. The van der Waals surface area contributed by atoms with Crippen molar-refractivity contribution in [2.75, 3.05) is 7.05 Å². The Hall–Kier alpha value is -2.56. The molecule has 0 spiro atoms. The quantitative estimate of drug-likeness (QED) is 0.477. The lowest BCUT2D eigenvalue weighted by Crippen LogP contribution is -2.09. The van der Waals surface area contributed by atoms with Crippen molar-refractivity contribution < 1.29 is 4.74 Å². The second kappa shape index (κ2) is 8.63. The molecule has 0 radical (unpaired) electrons. The number of pyridine rings is 2. The van der Waals surface area contributed by atoms with Crippen LogP contribution in [0.25, 0.3) is 16.6 Å². The number of halogens is 2. The molecule has 0 saturated carbocycles. The van der Waals surface area contributed by atoms with E-state index >= 15 is 0 Å². The molecule has 0 saturated heterocycles. The topological polar surface area (TPSA) is 38.2 Å². The van der Waals surface area contributed by atoms with E-state index in [1.165, 1.54) is 0 Å². The number of allylic oxidation sites excluding steroid dienone is 1. The summed E-state index contributed by atoms with van der Waals surface area (Å²) in [6.07, 6.45) is 6.95. The van der Waals surface area contributed by atoms with Gasteiger partial charge in [-0.05, 0) is 32.2 Å². The van der Waals surface area contributed by atoms with Gasteiger partial charge < -0.3 is 9.64 Å². The lowest BCUT2D eigenvalue weighted by molar-refractivity contribution is 0.309. The van der Waals surface area contributed by atoms with Crippen LogP contribution in [-0.2, 0) is 6.61 Å². The molecule has 3 rings (SSSR count). The van der Waals surface area contributed by atoms with Crippen LogP contribution in [0.1, 0.15) is 23.7 Å². The van der Waals surface area contributed by atoms with Crippen LogP contribution >= 0.6 is 23.2 Å². The van der Waals surface area contributed by atoms with Gasteiger partial charge in [0.15, 0.2) is 0 Å². The van der Waals surface area contributed by atoms with Crippen molar-refractivity contribution in [3.8, 4) is 5.75 Å². The van der Waals surface area contributed by atoms with Gasteiger partial charge in [-0.15, -0.1) is 0 Å². The zero-order chi connectivity index (χ0) is 20.3. The minimum absolute atomic E-state index is 0.229. The van der Waals surface area contributed by atoms with Gasteiger partial charge in [-0.3, -0.25) is 4.98 Å². The molecule has 0 unspecified atom stereocenters. The van der Waals surface area contributed by atoms with Crippen LogP contribution in [0.2, 0.25) is 10.0 Å². The SMILES string of the molecule is C=CN(C)/C(=C\C)c1cc(C)nc2c(OCc3c(Cl)cncc3Cl)cccc12. The van der Waals surface area contributed by atoms with E-state index in [0.29, 0.717) is 21.4 Å². The maximum absolute atomic E-state index is 6.21. The van der Waals surface area contributed by atoms with E-state index in [9.17, 15) is 0 Å². The molecule has 0 aliphatic rings. The molecule has 0 bridgehead atoms. The molecule has 0 aliphatic carbocycles. The Balaban J connectivity index is 2.07. The van der Waals surface area contributed by atoms with Crippen molar-refractivity contribution in [2.45, 2.75) is 20.5 Å². The molecule has 6 heteroatoms. The molecule has 1 aromatic carbocycles. The standard InChI is InChI=1S/C22H21Cl2N3O/c1-5-20(27(4)6-2)16-10-14(3)26-22-15(16)8-7-9-21(22)28-13-17-18(23)11-25-12-19(17)24/h5-12H,2,13H2,1,3-4H3/b20-5-. The van der Waals surface area contributed by atoms with Crippen molar-refractivity contribution in [1.82, 2.24) is 14.9 Å². The number of hydrogen-bond acceptors (Lipinski definition) is 4. The number of hydrogen-bond donors (Lipinski definition) is 0. The van der Waals surface area contributed by atoms with Crippen LogP contribution in [-0.4, -0.2) is 21.9 Å². The summed E-state index contributed by atoms with van der Waals surface area (Å²) in [5.74, 6) is 0.670. The average molecular weight is 414 g/mol. The fraction of sp³-hybridized carbons (Fsp3) is 0.182. The number of rotatable bonds is 6. The predicted molar refractivity (Wildman–Crippen MR) is 117 cm³/mol. The van der Waals surface area contributed by atoms with Crippen molar-refractivity contribution in [3.63, 3.8) is 0 Å². The zero-order valence-electron chi connectivity index (χ0n) is 16.0. The third kappa shape index (κ3) is 3.98. The summed E-state index contributed by atoms with van der Waals surface area (Å²) in [7, 11) is 1.97. The fourth-order valence-electron chi connectivity index (χ4n) is 3.05. The average Bonchev–Trinajstić information content (AvgIpc) is 2.68. The molecule has 2 aromatic heterocycles.